The van der Waals surface area contributed by atoms with Crippen LogP contribution in [0.2, 0.25) is 0 Å². The second kappa shape index (κ2) is 6.88. The molecule has 0 bridgehead atoms. The normalized spacial score (nSPS) is 15.7. The summed E-state index contributed by atoms with van der Waals surface area (Å²) in [6.45, 7) is 0. The van der Waals surface area contributed by atoms with Gasteiger partial charge >= 0.3 is 58.3 Å². The Hall–Kier alpha value is 0.0200. The number of hydrogen-bond donors (Lipinski definition) is 0. The van der Waals surface area contributed by atoms with Crippen LogP contribution in [0.15, 0.2) is 0 Å². The second-order valence-corrected chi connectivity index (χ2v) is 7.11. The molecule has 0 N–H and O–H groups in total. The number of halogens is 12. The Morgan fingerprint density at radius 2 is 0.880 bits per heavy atom. The van der Waals surface area contributed by atoms with E-state index in [9.17, 15) is 69.5 Å². The van der Waals surface area contributed by atoms with Crippen molar-refractivity contribution in [3.05, 3.63) is 4.13 Å². The van der Waals surface area contributed by atoms with Gasteiger partial charge in [-0.15, -0.1) is 0 Å². The van der Waals surface area contributed by atoms with Crippen molar-refractivity contribution in [1.82, 2.24) is 0 Å². The first-order chi connectivity index (χ1) is 9.96. The van der Waals surface area contributed by atoms with Gasteiger partial charge in [0.15, 0.2) is 20.0 Å². The van der Waals surface area contributed by atoms with Gasteiger partial charge in [-0.3, -0.25) is 0 Å². The summed E-state index contributed by atoms with van der Waals surface area (Å²) in [5.74, 6) is -15.7. The number of alkyl halides is 12. The molecule has 0 aromatic carbocycles. The van der Waals surface area contributed by atoms with E-state index in [1.807, 2.05) is 0 Å². The molecule has 0 unspecified atom stereocenters. The number of hydrogen-bond acceptors (Lipinski definition) is 4. The molecule has 0 aliphatic carbocycles. The molecule has 0 spiro atoms. The SMILES string of the molecule is O=S(=O)([N-]S(=O)(=O)C(F)(F)C(F)(F)C(F)(F)C(F)(F)F)C(F)(F)F.[Na+]. The third kappa shape index (κ3) is 4.47. The number of sulfonamides is 2. The molecular weight excluding hydrogens is 453 g/mol. The van der Waals surface area contributed by atoms with E-state index < -0.39 is 48.8 Å². The largest absolute Gasteiger partial charge is 1.00 e. The zero-order valence-electron chi connectivity index (χ0n) is 10.9. The Morgan fingerprint density at radius 1 is 0.560 bits per heavy atom. The average Bonchev–Trinajstić information content (AvgIpc) is 2.23. The van der Waals surface area contributed by atoms with Crippen molar-refractivity contribution in [3.8, 4) is 0 Å². The van der Waals surface area contributed by atoms with Crippen molar-refractivity contribution >= 4 is 20.0 Å². The quantitative estimate of drug-likeness (QED) is 0.433. The van der Waals surface area contributed by atoms with Gasteiger partial charge in [0.05, 0.1) is 0 Å². The van der Waals surface area contributed by atoms with Crippen LogP contribution in [0, 0.1) is 0 Å². The van der Waals surface area contributed by atoms with Gasteiger partial charge < -0.3 is 4.13 Å². The minimum absolute atomic E-state index is 0. The van der Waals surface area contributed by atoms with Crippen LogP contribution < -0.4 is 29.6 Å². The Kier molecular flexibility index (Phi) is 7.49. The van der Waals surface area contributed by atoms with E-state index in [-0.39, 0.29) is 29.6 Å². The molecule has 0 aromatic heterocycles. The molecule has 0 aliphatic heterocycles. The number of rotatable bonds is 5. The molecule has 5 nitrogen and oxygen atoms in total. The third-order valence-electron chi connectivity index (χ3n) is 1.93. The molecular formula is C5F12NNaO4S2. The summed E-state index contributed by atoms with van der Waals surface area (Å²) in [5, 5.41) is -7.67. The van der Waals surface area contributed by atoms with Crippen LogP contribution in [0.4, 0.5) is 52.7 Å². The van der Waals surface area contributed by atoms with Gasteiger partial charge in [0.2, 0.25) is 0 Å². The summed E-state index contributed by atoms with van der Waals surface area (Å²) in [4.78, 5) is 0. The van der Waals surface area contributed by atoms with Crippen LogP contribution in [0.25, 0.3) is 4.13 Å². The van der Waals surface area contributed by atoms with Gasteiger partial charge in [0, 0.05) is 0 Å². The van der Waals surface area contributed by atoms with E-state index in [2.05, 4.69) is 0 Å². The van der Waals surface area contributed by atoms with Gasteiger partial charge in [0.25, 0.3) is 0 Å². The molecule has 20 heteroatoms. The topological polar surface area (TPSA) is 82.4 Å². The number of nitrogens with zero attached hydrogens (tertiary/aromatic N) is 1. The zero-order chi connectivity index (χ0) is 20.2. The standard InChI is InChI=1S/C5F12NO4S2.Na/c6-1(7,3(10,11)12)2(8,9)4(13,14)23(19,20)18-24(21,22)5(15,16)17;/q-1;+1. The predicted molar refractivity (Wildman–Crippen MR) is 48.1 cm³/mol. The van der Waals surface area contributed by atoms with Crippen LogP contribution in [0.3, 0.4) is 0 Å². The van der Waals surface area contributed by atoms with E-state index >= 15 is 0 Å². The Balaban J connectivity index is 0. The molecule has 0 aliphatic rings. The molecule has 0 saturated heterocycles. The maximum atomic E-state index is 12.9. The fraction of sp³-hybridized carbons (Fsp3) is 1.00. The smallest absolute Gasteiger partial charge is 0.423 e. The summed E-state index contributed by atoms with van der Waals surface area (Å²) < 4.78 is 188. The molecule has 0 aromatic rings. The summed E-state index contributed by atoms with van der Waals surface area (Å²) in [5.41, 5.74) is -6.75. The second-order valence-electron chi connectivity index (χ2n) is 3.63. The van der Waals surface area contributed by atoms with E-state index in [4.69, 9.17) is 0 Å². The van der Waals surface area contributed by atoms with Crippen molar-refractivity contribution < 1.29 is 99.1 Å². The summed E-state index contributed by atoms with van der Waals surface area (Å²) in [6, 6.07) is 0. The van der Waals surface area contributed by atoms with Crippen LogP contribution >= 0.6 is 0 Å². The van der Waals surface area contributed by atoms with Crippen LogP contribution in [-0.4, -0.2) is 45.6 Å². The molecule has 0 heterocycles. The molecule has 25 heavy (non-hydrogen) atoms. The monoisotopic (exact) mass is 453 g/mol. The molecule has 0 saturated carbocycles. The van der Waals surface area contributed by atoms with Crippen LogP contribution in [-0.2, 0) is 20.0 Å². The van der Waals surface area contributed by atoms with Crippen LogP contribution in [0.5, 0.6) is 0 Å². The van der Waals surface area contributed by atoms with E-state index in [1.165, 1.54) is 0 Å². The van der Waals surface area contributed by atoms with Gasteiger partial charge in [-0.25, -0.2) is 16.8 Å². The van der Waals surface area contributed by atoms with Gasteiger partial charge in [-0.1, -0.05) is 0 Å². The molecule has 0 rings (SSSR count). The Morgan fingerprint density at radius 3 is 1.12 bits per heavy atom. The first-order valence-corrected chi connectivity index (χ1v) is 7.34. The zero-order valence-corrected chi connectivity index (χ0v) is 14.6. The molecule has 0 fully saturated rings. The average molecular weight is 453 g/mol. The predicted octanol–water partition coefficient (Wildman–Crippen LogP) is -0.0308. The molecule has 0 amide bonds. The summed E-state index contributed by atoms with van der Waals surface area (Å²) >= 11 is 0. The fourth-order valence-corrected chi connectivity index (χ4v) is 2.94. The van der Waals surface area contributed by atoms with Crippen molar-refractivity contribution in [2.24, 2.45) is 0 Å². The van der Waals surface area contributed by atoms with E-state index in [0.29, 0.717) is 4.13 Å². The maximum Gasteiger partial charge on any atom is 1.00 e. The maximum absolute atomic E-state index is 12.9. The fourth-order valence-electron chi connectivity index (χ4n) is 0.741. The van der Waals surface area contributed by atoms with Crippen molar-refractivity contribution in [2.75, 3.05) is 0 Å². The van der Waals surface area contributed by atoms with Crippen molar-refractivity contribution in [3.63, 3.8) is 0 Å². The first kappa shape index (κ1) is 27.2. The molecule has 0 atom stereocenters. The van der Waals surface area contributed by atoms with Gasteiger partial charge in [-0.2, -0.15) is 52.7 Å². The van der Waals surface area contributed by atoms with Gasteiger partial charge in [0.1, 0.15) is 0 Å². The van der Waals surface area contributed by atoms with Crippen molar-refractivity contribution in [2.45, 2.75) is 28.8 Å². The van der Waals surface area contributed by atoms with Gasteiger partial charge in [-0.05, 0) is 0 Å². The summed E-state index contributed by atoms with van der Waals surface area (Å²) in [6.07, 6.45) is -7.47. The Labute approximate surface area is 152 Å². The van der Waals surface area contributed by atoms with Crippen LogP contribution in [0.1, 0.15) is 0 Å². The first-order valence-electron chi connectivity index (χ1n) is 4.46. The third-order valence-corrected chi connectivity index (χ3v) is 4.99. The van der Waals surface area contributed by atoms with Crippen molar-refractivity contribution in [1.29, 1.82) is 0 Å². The minimum Gasteiger partial charge on any atom is -0.423 e. The minimum atomic E-state index is -8.05. The van der Waals surface area contributed by atoms with E-state index in [0.717, 1.165) is 0 Å². The molecule has 146 valence electrons. The molecule has 0 radical (unpaired) electrons. The summed E-state index contributed by atoms with van der Waals surface area (Å²) in [7, 11) is -15.5. The Bertz CT molecular complexity index is 692. The van der Waals surface area contributed by atoms with E-state index in [1.54, 1.807) is 0 Å².